The number of likely N-dealkylation sites (N-methyl/N-ethyl adjacent to an activating group) is 1. The van der Waals surface area contributed by atoms with Gasteiger partial charge in [0.25, 0.3) is 0 Å². The zero-order valence-electron chi connectivity index (χ0n) is 9.98. The first-order valence-electron chi connectivity index (χ1n) is 5.42. The maximum absolute atomic E-state index is 13.3. The molecule has 0 radical (unpaired) electrons. The summed E-state index contributed by atoms with van der Waals surface area (Å²) in [6.07, 6.45) is 0.304. The minimum Gasteiger partial charge on any atom is -0.342 e. The van der Waals surface area contributed by atoms with Crippen LogP contribution < -0.4 is 0 Å². The van der Waals surface area contributed by atoms with E-state index in [1.54, 1.807) is 32.2 Å². The summed E-state index contributed by atoms with van der Waals surface area (Å²) in [5, 5.41) is 8.55. The molecule has 4 heteroatoms. The van der Waals surface area contributed by atoms with E-state index < -0.39 is 0 Å². The van der Waals surface area contributed by atoms with Crippen LogP contribution in [-0.2, 0) is 11.2 Å². The summed E-state index contributed by atoms with van der Waals surface area (Å²) in [4.78, 5) is 13.3. The molecular weight excluding hydrogens is 219 g/mol. The standard InChI is InChI=1S/C13H15FN2O/c1-10(7-8-15)16(2)13(17)9-11-5-3-4-6-12(11)14/h3-6,10H,7,9H2,1-2H3. The molecule has 0 aliphatic heterocycles. The monoisotopic (exact) mass is 234 g/mol. The van der Waals surface area contributed by atoms with Gasteiger partial charge in [-0.2, -0.15) is 5.26 Å². The summed E-state index contributed by atoms with van der Waals surface area (Å²) in [5.74, 6) is -0.556. The van der Waals surface area contributed by atoms with Crippen LogP contribution in [0.15, 0.2) is 24.3 Å². The Morgan fingerprint density at radius 1 is 1.53 bits per heavy atom. The molecular formula is C13H15FN2O. The second-order valence-electron chi connectivity index (χ2n) is 3.98. The number of hydrogen-bond donors (Lipinski definition) is 0. The van der Waals surface area contributed by atoms with E-state index in [4.69, 9.17) is 5.26 Å². The van der Waals surface area contributed by atoms with Crippen LogP contribution in [0, 0.1) is 17.1 Å². The summed E-state index contributed by atoms with van der Waals surface area (Å²) < 4.78 is 13.3. The Hall–Kier alpha value is -1.89. The van der Waals surface area contributed by atoms with Crippen LogP contribution in [0.3, 0.4) is 0 Å². The smallest absolute Gasteiger partial charge is 0.227 e. The van der Waals surface area contributed by atoms with Gasteiger partial charge in [0.1, 0.15) is 5.82 Å². The van der Waals surface area contributed by atoms with E-state index in [9.17, 15) is 9.18 Å². The van der Waals surface area contributed by atoms with Crippen LogP contribution in [0.2, 0.25) is 0 Å². The lowest BCUT2D eigenvalue weighted by Crippen LogP contribution is -2.36. The fourth-order valence-corrected chi connectivity index (χ4v) is 1.44. The minimum atomic E-state index is -0.373. The highest BCUT2D eigenvalue weighted by Gasteiger charge is 2.16. The summed E-state index contributed by atoms with van der Waals surface area (Å²) >= 11 is 0. The van der Waals surface area contributed by atoms with Gasteiger partial charge in [0.15, 0.2) is 0 Å². The number of carbonyl (C=O) groups is 1. The van der Waals surface area contributed by atoms with E-state index in [2.05, 4.69) is 0 Å². The van der Waals surface area contributed by atoms with E-state index >= 15 is 0 Å². The van der Waals surface area contributed by atoms with Gasteiger partial charge in [0.2, 0.25) is 5.91 Å². The molecule has 17 heavy (non-hydrogen) atoms. The van der Waals surface area contributed by atoms with Crippen LogP contribution >= 0.6 is 0 Å². The molecule has 1 atom stereocenters. The molecule has 0 saturated carbocycles. The van der Waals surface area contributed by atoms with E-state index in [1.807, 2.05) is 6.07 Å². The lowest BCUT2D eigenvalue weighted by atomic mass is 10.1. The Morgan fingerprint density at radius 2 is 2.18 bits per heavy atom. The molecule has 0 aliphatic rings. The third-order valence-corrected chi connectivity index (χ3v) is 2.74. The van der Waals surface area contributed by atoms with Gasteiger partial charge < -0.3 is 4.90 Å². The third kappa shape index (κ3) is 3.56. The first kappa shape index (κ1) is 13.2. The number of nitrogens with zero attached hydrogens (tertiary/aromatic N) is 2. The minimum absolute atomic E-state index is 0.0267. The summed E-state index contributed by atoms with van der Waals surface area (Å²) in [6.45, 7) is 1.79. The molecule has 0 fully saturated rings. The van der Waals surface area contributed by atoms with E-state index in [-0.39, 0.29) is 30.6 Å². The van der Waals surface area contributed by atoms with Crippen LogP contribution in [0.4, 0.5) is 4.39 Å². The molecule has 0 heterocycles. The van der Waals surface area contributed by atoms with Gasteiger partial charge in [0.05, 0.1) is 18.9 Å². The van der Waals surface area contributed by atoms with Crippen molar-refractivity contribution in [3.8, 4) is 6.07 Å². The maximum Gasteiger partial charge on any atom is 0.227 e. The normalized spacial score (nSPS) is 11.6. The summed E-state index contributed by atoms with van der Waals surface area (Å²) in [6, 6.07) is 8.07. The van der Waals surface area contributed by atoms with Crippen LogP contribution in [-0.4, -0.2) is 23.9 Å². The molecule has 3 nitrogen and oxygen atoms in total. The van der Waals surface area contributed by atoms with Crippen LogP contribution in [0.25, 0.3) is 0 Å². The number of rotatable bonds is 4. The molecule has 0 spiro atoms. The molecule has 1 unspecified atom stereocenters. The lowest BCUT2D eigenvalue weighted by molar-refractivity contribution is -0.130. The van der Waals surface area contributed by atoms with Crippen LogP contribution in [0.5, 0.6) is 0 Å². The number of amides is 1. The number of halogens is 1. The average Bonchev–Trinajstić information content (AvgIpc) is 2.31. The molecule has 90 valence electrons. The van der Waals surface area contributed by atoms with Crippen molar-refractivity contribution < 1.29 is 9.18 Å². The SMILES string of the molecule is CC(CC#N)N(C)C(=O)Cc1ccccc1F. The summed E-state index contributed by atoms with van der Waals surface area (Å²) in [5.41, 5.74) is 0.383. The van der Waals surface area contributed by atoms with Crippen LogP contribution in [0.1, 0.15) is 18.9 Å². The molecule has 0 bridgehead atoms. The highest BCUT2D eigenvalue weighted by molar-refractivity contribution is 5.78. The van der Waals surface area contributed by atoms with Crippen molar-refractivity contribution in [1.29, 1.82) is 5.26 Å². The maximum atomic E-state index is 13.3. The Bertz CT molecular complexity index is 439. The first-order valence-corrected chi connectivity index (χ1v) is 5.42. The predicted octanol–water partition coefficient (Wildman–Crippen LogP) is 2.13. The van der Waals surface area contributed by atoms with Gasteiger partial charge in [-0.05, 0) is 18.6 Å². The highest BCUT2D eigenvalue weighted by atomic mass is 19.1. The Labute approximate surface area is 100 Å². The second-order valence-corrected chi connectivity index (χ2v) is 3.98. The fraction of sp³-hybridized carbons (Fsp3) is 0.385. The average molecular weight is 234 g/mol. The van der Waals surface area contributed by atoms with Gasteiger partial charge in [-0.15, -0.1) is 0 Å². The molecule has 0 saturated heterocycles. The quantitative estimate of drug-likeness (QED) is 0.801. The van der Waals surface area contributed by atoms with Gasteiger partial charge in [0, 0.05) is 13.1 Å². The first-order chi connectivity index (χ1) is 8.06. The van der Waals surface area contributed by atoms with Crippen molar-refractivity contribution in [2.75, 3.05) is 7.05 Å². The highest BCUT2D eigenvalue weighted by Crippen LogP contribution is 2.10. The second kappa shape index (κ2) is 6.00. The zero-order valence-corrected chi connectivity index (χ0v) is 9.98. The van der Waals surface area contributed by atoms with Gasteiger partial charge in [-0.1, -0.05) is 18.2 Å². The molecule has 0 aliphatic carbocycles. The molecule has 1 amide bonds. The third-order valence-electron chi connectivity index (χ3n) is 2.74. The number of nitriles is 1. The largest absolute Gasteiger partial charge is 0.342 e. The molecule has 1 rings (SSSR count). The molecule has 1 aromatic rings. The van der Waals surface area contributed by atoms with E-state index in [0.717, 1.165) is 0 Å². The van der Waals surface area contributed by atoms with Gasteiger partial charge in [-0.3, -0.25) is 4.79 Å². The number of hydrogen-bond acceptors (Lipinski definition) is 2. The van der Waals surface area contributed by atoms with Crippen molar-refractivity contribution in [2.45, 2.75) is 25.8 Å². The summed E-state index contributed by atoms with van der Waals surface area (Å²) in [7, 11) is 1.63. The lowest BCUT2D eigenvalue weighted by Gasteiger charge is -2.23. The molecule has 0 aromatic heterocycles. The fourth-order valence-electron chi connectivity index (χ4n) is 1.44. The van der Waals surface area contributed by atoms with Crippen molar-refractivity contribution in [3.05, 3.63) is 35.6 Å². The van der Waals surface area contributed by atoms with Crippen molar-refractivity contribution in [2.24, 2.45) is 0 Å². The van der Waals surface area contributed by atoms with Crippen molar-refractivity contribution >= 4 is 5.91 Å². The number of benzene rings is 1. The Kier molecular flexibility index (Phi) is 4.65. The Morgan fingerprint density at radius 3 is 2.76 bits per heavy atom. The topological polar surface area (TPSA) is 44.1 Å². The van der Waals surface area contributed by atoms with E-state index in [0.29, 0.717) is 5.56 Å². The Balaban J connectivity index is 2.67. The molecule has 0 N–H and O–H groups in total. The number of carbonyl (C=O) groups excluding carboxylic acids is 1. The van der Waals surface area contributed by atoms with Crippen molar-refractivity contribution in [3.63, 3.8) is 0 Å². The van der Waals surface area contributed by atoms with Gasteiger partial charge in [-0.25, -0.2) is 4.39 Å². The zero-order chi connectivity index (χ0) is 12.8. The van der Waals surface area contributed by atoms with Crippen molar-refractivity contribution in [1.82, 2.24) is 4.90 Å². The molecule has 1 aromatic carbocycles. The van der Waals surface area contributed by atoms with Gasteiger partial charge >= 0.3 is 0 Å². The van der Waals surface area contributed by atoms with E-state index in [1.165, 1.54) is 11.0 Å². The predicted molar refractivity (Wildman–Crippen MR) is 62.6 cm³/mol.